The summed E-state index contributed by atoms with van der Waals surface area (Å²) in [6.07, 6.45) is 1.79. The summed E-state index contributed by atoms with van der Waals surface area (Å²) in [5.41, 5.74) is 0.500. The first-order valence-electron chi connectivity index (χ1n) is 5.52. The van der Waals surface area contributed by atoms with Crippen LogP contribution >= 0.6 is 0 Å². The molecular weight excluding hydrogens is 222 g/mol. The molecule has 6 nitrogen and oxygen atoms in total. The molecule has 1 N–H and O–H groups in total. The van der Waals surface area contributed by atoms with Gasteiger partial charge < -0.3 is 14.6 Å². The lowest BCUT2D eigenvalue weighted by atomic mass is 10.0. The number of hydrogen-bond acceptors (Lipinski definition) is 4. The number of carbonyl (C=O) groups excluding carboxylic acids is 1. The van der Waals surface area contributed by atoms with Crippen LogP contribution in [0.15, 0.2) is 17.2 Å². The van der Waals surface area contributed by atoms with E-state index in [9.17, 15) is 9.59 Å². The van der Waals surface area contributed by atoms with E-state index < -0.39 is 0 Å². The summed E-state index contributed by atoms with van der Waals surface area (Å²) < 4.78 is 4.95. The molecule has 0 radical (unpaired) electrons. The third-order valence-electron chi connectivity index (χ3n) is 2.90. The lowest BCUT2D eigenvalue weighted by molar-refractivity contribution is -0.128. The van der Waals surface area contributed by atoms with Gasteiger partial charge in [0.1, 0.15) is 0 Å². The lowest BCUT2D eigenvalue weighted by Crippen LogP contribution is -2.28. The van der Waals surface area contributed by atoms with Crippen molar-refractivity contribution in [2.24, 2.45) is 0 Å². The highest BCUT2D eigenvalue weighted by Crippen LogP contribution is 2.25. The Morgan fingerprint density at radius 1 is 1.59 bits per heavy atom. The Labute approximate surface area is 98.6 Å². The van der Waals surface area contributed by atoms with Crippen LogP contribution in [0, 0.1) is 0 Å². The number of methoxy groups -OCH3 is 1. The van der Waals surface area contributed by atoms with Crippen LogP contribution in [0.1, 0.15) is 18.0 Å². The fourth-order valence-corrected chi connectivity index (χ4v) is 1.99. The van der Waals surface area contributed by atoms with Crippen LogP contribution in [0.25, 0.3) is 0 Å². The Balaban J connectivity index is 2.06. The van der Waals surface area contributed by atoms with Crippen LogP contribution in [0.2, 0.25) is 0 Å². The Bertz CT molecular complexity index is 457. The molecule has 92 valence electrons. The van der Waals surface area contributed by atoms with Gasteiger partial charge in [0.15, 0.2) is 0 Å². The smallest absolute Gasteiger partial charge is 0.250 e. The van der Waals surface area contributed by atoms with Gasteiger partial charge >= 0.3 is 0 Å². The molecule has 1 aliphatic heterocycles. The Kier molecular flexibility index (Phi) is 3.53. The van der Waals surface area contributed by atoms with Crippen LogP contribution < -0.4 is 5.56 Å². The van der Waals surface area contributed by atoms with Crippen LogP contribution in [0.4, 0.5) is 0 Å². The summed E-state index contributed by atoms with van der Waals surface area (Å²) in [6, 6.07) is 1.46. The van der Waals surface area contributed by atoms with Crippen LogP contribution in [-0.2, 0) is 9.53 Å². The van der Waals surface area contributed by atoms with Crippen molar-refractivity contribution in [1.29, 1.82) is 0 Å². The minimum absolute atomic E-state index is 0.0154. The van der Waals surface area contributed by atoms with E-state index in [1.807, 2.05) is 0 Å². The summed E-state index contributed by atoms with van der Waals surface area (Å²) in [5, 5.41) is 0. The van der Waals surface area contributed by atoms with Gasteiger partial charge in [-0.25, -0.2) is 4.98 Å². The van der Waals surface area contributed by atoms with E-state index in [1.165, 1.54) is 12.4 Å². The normalized spacial score (nSPS) is 19.9. The fourth-order valence-electron chi connectivity index (χ4n) is 1.99. The number of nitrogens with zero attached hydrogens (tertiary/aromatic N) is 2. The van der Waals surface area contributed by atoms with E-state index >= 15 is 0 Å². The maximum atomic E-state index is 11.7. The first-order valence-corrected chi connectivity index (χ1v) is 5.52. The van der Waals surface area contributed by atoms with Gasteiger partial charge in [-0.2, -0.15) is 0 Å². The number of aromatic nitrogens is 2. The third-order valence-corrected chi connectivity index (χ3v) is 2.90. The minimum atomic E-state index is -0.183. The maximum absolute atomic E-state index is 11.7. The molecule has 1 aromatic heterocycles. The van der Waals surface area contributed by atoms with Crippen LogP contribution in [0.5, 0.6) is 0 Å². The second-order valence-electron chi connectivity index (χ2n) is 4.07. The van der Waals surface area contributed by atoms with Gasteiger partial charge in [-0.1, -0.05) is 0 Å². The van der Waals surface area contributed by atoms with Crippen molar-refractivity contribution in [2.45, 2.75) is 12.3 Å². The van der Waals surface area contributed by atoms with E-state index in [0.29, 0.717) is 31.8 Å². The molecule has 2 rings (SSSR count). The topological polar surface area (TPSA) is 75.3 Å². The summed E-state index contributed by atoms with van der Waals surface area (Å²) in [4.78, 5) is 31.2. The molecule has 0 spiro atoms. The van der Waals surface area contributed by atoms with E-state index in [-0.39, 0.29) is 17.4 Å². The van der Waals surface area contributed by atoms with Crippen molar-refractivity contribution < 1.29 is 9.53 Å². The van der Waals surface area contributed by atoms with Gasteiger partial charge in [0, 0.05) is 38.6 Å². The summed E-state index contributed by atoms with van der Waals surface area (Å²) in [6.45, 7) is 1.73. The highest BCUT2D eigenvalue weighted by atomic mass is 16.5. The molecule has 0 unspecified atom stereocenters. The zero-order valence-electron chi connectivity index (χ0n) is 9.68. The van der Waals surface area contributed by atoms with Crippen molar-refractivity contribution >= 4 is 5.91 Å². The molecule has 0 saturated carbocycles. The second-order valence-corrected chi connectivity index (χ2v) is 4.07. The third kappa shape index (κ3) is 2.71. The first-order chi connectivity index (χ1) is 8.20. The van der Waals surface area contributed by atoms with Crippen LogP contribution in [0.3, 0.4) is 0 Å². The van der Waals surface area contributed by atoms with Crippen molar-refractivity contribution in [2.75, 3.05) is 26.8 Å². The monoisotopic (exact) mass is 237 g/mol. The minimum Gasteiger partial charge on any atom is -0.383 e. The van der Waals surface area contributed by atoms with Crippen molar-refractivity contribution in [1.82, 2.24) is 14.9 Å². The van der Waals surface area contributed by atoms with Crippen molar-refractivity contribution in [3.63, 3.8) is 0 Å². The number of amides is 1. The maximum Gasteiger partial charge on any atom is 0.250 e. The van der Waals surface area contributed by atoms with E-state index in [4.69, 9.17) is 4.74 Å². The molecule has 6 heteroatoms. The summed E-state index contributed by atoms with van der Waals surface area (Å²) in [7, 11) is 1.61. The molecule has 1 aliphatic rings. The average Bonchev–Trinajstić information content (AvgIpc) is 2.68. The zero-order valence-corrected chi connectivity index (χ0v) is 9.68. The van der Waals surface area contributed by atoms with E-state index in [1.54, 1.807) is 12.0 Å². The predicted octanol–water partition coefficient (Wildman–Crippen LogP) is -0.268. The summed E-state index contributed by atoms with van der Waals surface area (Å²) in [5.74, 6) is 0.107. The number of likely N-dealkylation sites (tertiary alicyclic amines) is 1. The van der Waals surface area contributed by atoms with Gasteiger partial charge in [-0.3, -0.25) is 9.59 Å². The molecule has 2 heterocycles. The quantitative estimate of drug-likeness (QED) is 0.782. The molecule has 1 saturated heterocycles. The number of carbonyl (C=O) groups is 1. The first kappa shape index (κ1) is 11.8. The van der Waals surface area contributed by atoms with Gasteiger partial charge in [0.05, 0.1) is 18.6 Å². The molecule has 1 fully saturated rings. The average molecular weight is 237 g/mol. The van der Waals surface area contributed by atoms with Gasteiger partial charge in [-0.05, 0) is 0 Å². The number of aromatic amines is 1. The van der Waals surface area contributed by atoms with Crippen LogP contribution in [-0.4, -0.2) is 47.6 Å². The Morgan fingerprint density at radius 3 is 3.12 bits per heavy atom. The number of H-pyrrole nitrogens is 1. The van der Waals surface area contributed by atoms with E-state index in [0.717, 1.165) is 0 Å². The number of hydrogen-bond donors (Lipinski definition) is 1. The molecule has 0 bridgehead atoms. The standard InChI is InChI=1S/C11H15N3O3/c1-17-3-2-14-6-8(4-11(14)16)9-5-10(15)13-7-12-9/h5,7-8H,2-4,6H2,1H3,(H,12,13,15)/t8-/m0/s1. The molecular formula is C11H15N3O3. The molecule has 1 aromatic rings. The Morgan fingerprint density at radius 2 is 2.41 bits per heavy atom. The highest BCUT2D eigenvalue weighted by Gasteiger charge is 2.31. The van der Waals surface area contributed by atoms with E-state index in [2.05, 4.69) is 9.97 Å². The lowest BCUT2D eigenvalue weighted by Gasteiger charge is -2.15. The molecule has 0 aromatic carbocycles. The molecule has 0 aliphatic carbocycles. The van der Waals surface area contributed by atoms with Crippen molar-refractivity contribution in [3.8, 4) is 0 Å². The largest absolute Gasteiger partial charge is 0.383 e. The SMILES string of the molecule is COCCN1C[C@@H](c2cc(=O)[nH]cn2)CC1=O. The predicted molar refractivity (Wildman–Crippen MR) is 60.7 cm³/mol. The number of rotatable bonds is 4. The number of ether oxygens (including phenoxy) is 1. The molecule has 1 amide bonds. The fraction of sp³-hybridized carbons (Fsp3) is 0.545. The summed E-state index contributed by atoms with van der Waals surface area (Å²) >= 11 is 0. The van der Waals surface area contributed by atoms with Crippen molar-refractivity contribution in [3.05, 3.63) is 28.4 Å². The second kappa shape index (κ2) is 5.09. The van der Waals surface area contributed by atoms with Gasteiger partial charge in [-0.15, -0.1) is 0 Å². The van der Waals surface area contributed by atoms with Gasteiger partial charge in [0.2, 0.25) is 5.91 Å². The molecule has 17 heavy (non-hydrogen) atoms. The van der Waals surface area contributed by atoms with Gasteiger partial charge in [0.25, 0.3) is 5.56 Å². The molecule has 1 atom stereocenters. The zero-order chi connectivity index (χ0) is 12.3. The number of nitrogens with one attached hydrogen (secondary N) is 1. The Hall–Kier alpha value is -1.69. The highest BCUT2D eigenvalue weighted by molar-refractivity contribution is 5.79.